The molecule has 0 bridgehead atoms. The smallest absolute Gasteiger partial charge is 0.272 e. The van der Waals surface area contributed by atoms with Gasteiger partial charge in [0.25, 0.3) is 11.4 Å². The molecule has 160 valence electrons. The zero-order valence-electron chi connectivity index (χ0n) is 16.0. The van der Waals surface area contributed by atoms with Crippen LogP contribution in [0.3, 0.4) is 0 Å². The Kier molecular flexibility index (Phi) is 7.43. The first-order valence-electron chi connectivity index (χ1n) is 8.63. The van der Waals surface area contributed by atoms with E-state index in [1.165, 1.54) is 40.9 Å². The fraction of sp³-hybridized carbons (Fsp3) is 0.235. The van der Waals surface area contributed by atoms with Crippen LogP contribution in [0.2, 0.25) is 5.02 Å². The molecule has 0 aliphatic heterocycles. The topological polar surface area (TPSA) is 148 Å². The maximum absolute atomic E-state index is 12.6. The van der Waals surface area contributed by atoms with Gasteiger partial charge in [0.1, 0.15) is 10.7 Å². The zero-order valence-corrected chi connectivity index (χ0v) is 17.6. The van der Waals surface area contributed by atoms with Crippen LogP contribution in [-0.2, 0) is 10.0 Å². The normalized spacial score (nSPS) is 11.7. The molecular formula is C17H18ClN5O6S. The minimum Gasteiger partial charge on any atom is -0.272 e. The number of nitrogens with zero attached hydrogens (tertiary/aromatic N) is 4. The van der Waals surface area contributed by atoms with Gasteiger partial charge in [-0.05, 0) is 18.2 Å². The molecule has 0 spiro atoms. The molecule has 0 amide bonds. The second-order valence-electron chi connectivity index (χ2n) is 5.86. The predicted octanol–water partition coefficient (Wildman–Crippen LogP) is 3.63. The van der Waals surface area contributed by atoms with Crippen LogP contribution in [-0.4, -0.2) is 41.9 Å². The highest BCUT2D eigenvalue weighted by atomic mass is 35.5. The van der Waals surface area contributed by atoms with Crippen LogP contribution in [0.1, 0.15) is 19.4 Å². The number of halogens is 1. The molecule has 0 heterocycles. The van der Waals surface area contributed by atoms with E-state index in [0.717, 1.165) is 6.07 Å². The largest absolute Gasteiger partial charge is 0.295 e. The van der Waals surface area contributed by atoms with Gasteiger partial charge in [-0.1, -0.05) is 31.5 Å². The molecule has 2 aromatic carbocycles. The van der Waals surface area contributed by atoms with Gasteiger partial charge in [-0.25, -0.2) is 8.42 Å². The van der Waals surface area contributed by atoms with Crippen molar-refractivity contribution in [3.8, 4) is 0 Å². The summed E-state index contributed by atoms with van der Waals surface area (Å²) in [5.74, 6) is 0. The van der Waals surface area contributed by atoms with Gasteiger partial charge in [-0.2, -0.15) is 9.41 Å². The number of hydrogen-bond acceptors (Lipinski definition) is 8. The van der Waals surface area contributed by atoms with Crippen molar-refractivity contribution < 1.29 is 18.3 Å². The molecule has 30 heavy (non-hydrogen) atoms. The molecule has 0 saturated carbocycles. The highest BCUT2D eigenvalue weighted by Crippen LogP contribution is 2.29. The molecule has 0 fully saturated rings. The molecular weight excluding hydrogens is 438 g/mol. The Morgan fingerprint density at radius 1 is 1.07 bits per heavy atom. The number of sulfonamides is 1. The Labute approximate surface area is 177 Å². The first-order valence-corrected chi connectivity index (χ1v) is 10.4. The number of anilines is 1. The summed E-state index contributed by atoms with van der Waals surface area (Å²) in [5.41, 5.74) is 1.96. The van der Waals surface area contributed by atoms with Crippen LogP contribution < -0.4 is 5.43 Å². The van der Waals surface area contributed by atoms with Crippen LogP contribution in [0.15, 0.2) is 46.4 Å². The number of benzene rings is 2. The summed E-state index contributed by atoms with van der Waals surface area (Å²) in [6, 6.07) is 7.44. The average molecular weight is 456 g/mol. The lowest BCUT2D eigenvalue weighted by atomic mass is 10.2. The van der Waals surface area contributed by atoms with Gasteiger partial charge in [-0.3, -0.25) is 25.7 Å². The Morgan fingerprint density at radius 3 is 2.27 bits per heavy atom. The van der Waals surface area contributed by atoms with Crippen molar-refractivity contribution in [3.05, 3.63) is 67.2 Å². The summed E-state index contributed by atoms with van der Waals surface area (Å²) in [7, 11) is -3.87. The van der Waals surface area contributed by atoms with E-state index in [1.54, 1.807) is 13.8 Å². The van der Waals surface area contributed by atoms with Crippen molar-refractivity contribution in [3.63, 3.8) is 0 Å². The monoisotopic (exact) mass is 455 g/mol. The van der Waals surface area contributed by atoms with E-state index in [4.69, 9.17) is 11.6 Å². The van der Waals surface area contributed by atoms with Gasteiger partial charge in [0.05, 0.1) is 21.0 Å². The molecule has 13 heteroatoms. The molecule has 11 nitrogen and oxygen atoms in total. The van der Waals surface area contributed by atoms with Crippen LogP contribution in [0.4, 0.5) is 17.1 Å². The number of rotatable bonds is 9. The maximum Gasteiger partial charge on any atom is 0.295 e. The summed E-state index contributed by atoms with van der Waals surface area (Å²) in [6.45, 7) is 3.79. The number of hydrazone groups is 1. The Hall–Kier alpha value is -3.09. The Morgan fingerprint density at radius 2 is 1.70 bits per heavy atom. The summed E-state index contributed by atoms with van der Waals surface area (Å²) in [6.07, 6.45) is 1.22. The molecule has 0 aromatic heterocycles. The highest BCUT2D eigenvalue weighted by Gasteiger charge is 2.25. The van der Waals surface area contributed by atoms with E-state index in [2.05, 4.69) is 10.5 Å². The van der Waals surface area contributed by atoms with Crippen LogP contribution in [0, 0.1) is 20.2 Å². The zero-order chi connectivity index (χ0) is 22.5. The highest BCUT2D eigenvalue weighted by molar-refractivity contribution is 7.89. The third-order valence-corrected chi connectivity index (χ3v) is 6.44. The molecule has 0 saturated heterocycles. The van der Waals surface area contributed by atoms with Gasteiger partial charge in [0.2, 0.25) is 10.0 Å². The summed E-state index contributed by atoms with van der Waals surface area (Å²) >= 11 is 5.74. The van der Waals surface area contributed by atoms with Crippen molar-refractivity contribution in [2.45, 2.75) is 18.7 Å². The fourth-order valence-corrected chi connectivity index (χ4v) is 4.22. The van der Waals surface area contributed by atoms with Gasteiger partial charge >= 0.3 is 0 Å². The van der Waals surface area contributed by atoms with Crippen molar-refractivity contribution in [1.29, 1.82) is 0 Å². The van der Waals surface area contributed by atoms with E-state index in [1.807, 2.05) is 0 Å². The first kappa shape index (κ1) is 23.2. The molecule has 2 rings (SSSR count). The average Bonchev–Trinajstić information content (AvgIpc) is 2.69. The molecule has 0 aliphatic rings. The van der Waals surface area contributed by atoms with Crippen molar-refractivity contribution >= 4 is 44.9 Å². The second-order valence-corrected chi connectivity index (χ2v) is 8.21. The lowest BCUT2D eigenvalue weighted by molar-refractivity contribution is -0.384. The van der Waals surface area contributed by atoms with Gasteiger partial charge < -0.3 is 0 Å². The molecule has 0 unspecified atom stereocenters. The maximum atomic E-state index is 12.6. The summed E-state index contributed by atoms with van der Waals surface area (Å²) in [5, 5.41) is 26.1. The van der Waals surface area contributed by atoms with Crippen LogP contribution in [0.5, 0.6) is 0 Å². The van der Waals surface area contributed by atoms with Crippen LogP contribution >= 0.6 is 11.6 Å². The molecule has 0 aliphatic carbocycles. The van der Waals surface area contributed by atoms with E-state index >= 15 is 0 Å². The van der Waals surface area contributed by atoms with E-state index in [9.17, 15) is 28.6 Å². The second kappa shape index (κ2) is 9.61. The lowest BCUT2D eigenvalue weighted by Crippen LogP contribution is -2.30. The standard InChI is InChI=1S/C17H18ClN5O6S/c1-3-21(4-2)30(28,29)13-6-8-15(17(10-13)23(26)27)20-19-11-12-5-7-14(18)16(9-12)22(24)25/h5-11,20H,3-4H2,1-2H3. The molecule has 0 radical (unpaired) electrons. The number of nitrogens with one attached hydrogen (secondary N) is 1. The van der Waals surface area contributed by atoms with Gasteiger partial charge in [0, 0.05) is 30.8 Å². The van der Waals surface area contributed by atoms with Gasteiger partial charge in [-0.15, -0.1) is 0 Å². The first-order chi connectivity index (χ1) is 14.1. The lowest BCUT2D eigenvalue weighted by Gasteiger charge is -2.18. The summed E-state index contributed by atoms with van der Waals surface area (Å²) in [4.78, 5) is 20.8. The SMILES string of the molecule is CCN(CC)S(=O)(=O)c1ccc(NN=Cc2ccc(Cl)c([N+](=O)[O-])c2)c([N+](=O)[O-])c1. The minimum atomic E-state index is -3.87. The van der Waals surface area contributed by atoms with E-state index in [-0.39, 0.29) is 34.4 Å². The third kappa shape index (κ3) is 5.09. The Bertz CT molecular complexity index is 1100. The quantitative estimate of drug-likeness (QED) is 0.344. The van der Waals surface area contributed by atoms with Crippen molar-refractivity contribution in [2.75, 3.05) is 18.5 Å². The van der Waals surface area contributed by atoms with Crippen molar-refractivity contribution in [1.82, 2.24) is 4.31 Å². The third-order valence-electron chi connectivity index (χ3n) is 4.07. The van der Waals surface area contributed by atoms with E-state index < -0.39 is 25.6 Å². The molecule has 0 atom stereocenters. The molecule has 1 N–H and O–H groups in total. The molecule has 2 aromatic rings. The minimum absolute atomic E-state index is 0.0363. The van der Waals surface area contributed by atoms with Crippen molar-refractivity contribution in [2.24, 2.45) is 5.10 Å². The van der Waals surface area contributed by atoms with E-state index in [0.29, 0.717) is 5.56 Å². The number of hydrogen-bond donors (Lipinski definition) is 1. The van der Waals surface area contributed by atoms with Gasteiger partial charge in [0.15, 0.2) is 0 Å². The van der Waals surface area contributed by atoms with Crippen LogP contribution in [0.25, 0.3) is 0 Å². The Balaban J connectivity index is 2.33. The fourth-order valence-electron chi connectivity index (χ4n) is 2.56. The number of nitro groups is 2. The summed E-state index contributed by atoms with van der Waals surface area (Å²) < 4.78 is 26.3. The number of nitro benzene ring substituents is 2. The predicted molar refractivity (Wildman–Crippen MR) is 113 cm³/mol.